The minimum atomic E-state index is -0.385. The summed E-state index contributed by atoms with van der Waals surface area (Å²) >= 11 is 0. The van der Waals surface area contributed by atoms with Crippen LogP contribution >= 0.6 is 0 Å². The van der Waals surface area contributed by atoms with Gasteiger partial charge in [0.2, 0.25) is 5.91 Å². The Morgan fingerprint density at radius 1 is 0.909 bits per heavy atom. The van der Waals surface area contributed by atoms with Crippen LogP contribution in [0.4, 0.5) is 0 Å². The number of nitrogens with zero attached hydrogens (tertiary/aromatic N) is 1. The number of carbonyl (C=O) groups is 2. The van der Waals surface area contributed by atoms with Crippen LogP contribution in [0.1, 0.15) is 60.5 Å². The third-order valence-electron chi connectivity index (χ3n) is 7.01. The van der Waals surface area contributed by atoms with Gasteiger partial charge in [-0.2, -0.15) is 0 Å². The third-order valence-corrected chi connectivity index (χ3v) is 7.01. The van der Waals surface area contributed by atoms with Crippen LogP contribution in [-0.2, 0) is 9.53 Å². The number of carbonyl (C=O) groups excluding carboxylic acids is 2. The maximum absolute atomic E-state index is 13.1. The van der Waals surface area contributed by atoms with Crippen molar-refractivity contribution in [1.82, 2.24) is 15.5 Å². The van der Waals surface area contributed by atoms with Crippen molar-refractivity contribution in [2.75, 3.05) is 32.8 Å². The summed E-state index contributed by atoms with van der Waals surface area (Å²) in [5.74, 6) is -0.204. The molecule has 2 aliphatic rings. The lowest BCUT2D eigenvalue weighted by molar-refractivity contribution is -0.122. The number of ether oxygens (including phenoxy) is 1. The van der Waals surface area contributed by atoms with Crippen LogP contribution in [0.5, 0.6) is 0 Å². The Morgan fingerprint density at radius 3 is 2.21 bits per heavy atom. The van der Waals surface area contributed by atoms with E-state index in [2.05, 4.69) is 15.5 Å². The second-order valence-electron chi connectivity index (χ2n) is 9.17. The molecule has 0 aromatic heterocycles. The van der Waals surface area contributed by atoms with Gasteiger partial charge in [0.05, 0.1) is 25.7 Å². The quantitative estimate of drug-likeness (QED) is 0.645. The summed E-state index contributed by atoms with van der Waals surface area (Å²) in [7, 11) is 0. The van der Waals surface area contributed by atoms with Gasteiger partial charge < -0.3 is 15.4 Å². The topological polar surface area (TPSA) is 70.7 Å². The summed E-state index contributed by atoms with van der Waals surface area (Å²) in [5.41, 5.74) is 1.54. The van der Waals surface area contributed by atoms with E-state index < -0.39 is 0 Å². The molecule has 6 nitrogen and oxygen atoms in total. The Bertz CT molecular complexity index is 891. The van der Waals surface area contributed by atoms with Gasteiger partial charge in [-0.25, -0.2) is 0 Å². The van der Waals surface area contributed by atoms with Crippen molar-refractivity contribution in [2.45, 2.75) is 50.1 Å². The molecule has 1 unspecified atom stereocenters. The van der Waals surface area contributed by atoms with Crippen molar-refractivity contribution in [2.24, 2.45) is 0 Å². The maximum Gasteiger partial charge on any atom is 0.251 e. The zero-order chi connectivity index (χ0) is 22.9. The molecule has 6 heteroatoms. The van der Waals surface area contributed by atoms with Crippen molar-refractivity contribution < 1.29 is 14.3 Å². The number of amides is 2. The smallest absolute Gasteiger partial charge is 0.251 e. The molecule has 2 aromatic rings. The third kappa shape index (κ3) is 6.21. The number of rotatable bonds is 8. The van der Waals surface area contributed by atoms with E-state index in [9.17, 15) is 9.59 Å². The monoisotopic (exact) mass is 449 g/mol. The minimum absolute atomic E-state index is 0.0211. The molecule has 2 fully saturated rings. The van der Waals surface area contributed by atoms with E-state index in [1.54, 1.807) is 12.1 Å². The first-order valence-corrected chi connectivity index (χ1v) is 12.2. The highest BCUT2D eigenvalue weighted by Crippen LogP contribution is 2.34. The molecular weight excluding hydrogens is 414 g/mol. The summed E-state index contributed by atoms with van der Waals surface area (Å²) < 4.78 is 5.57. The highest BCUT2D eigenvalue weighted by atomic mass is 16.5. The lowest BCUT2D eigenvalue weighted by Gasteiger charge is -2.48. The van der Waals surface area contributed by atoms with Crippen LogP contribution in [0, 0.1) is 0 Å². The van der Waals surface area contributed by atoms with Crippen LogP contribution in [-0.4, -0.2) is 55.1 Å². The largest absolute Gasteiger partial charge is 0.379 e. The molecule has 1 saturated heterocycles. The lowest BCUT2D eigenvalue weighted by Crippen LogP contribution is -2.59. The predicted octanol–water partition coefficient (Wildman–Crippen LogP) is 3.70. The Labute approximate surface area is 196 Å². The molecule has 0 spiro atoms. The molecule has 2 amide bonds. The number of morpholine rings is 1. The van der Waals surface area contributed by atoms with Gasteiger partial charge in [0, 0.05) is 30.7 Å². The normalized spacial score (nSPS) is 19.4. The molecule has 2 N–H and O–H groups in total. The first kappa shape index (κ1) is 23.5. The van der Waals surface area contributed by atoms with Gasteiger partial charge in [0.15, 0.2) is 0 Å². The highest BCUT2D eigenvalue weighted by Gasteiger charge is 2.39. The van der Waals surface area contributed by atoms with Crippen LogP contribution in [0.3, 0.4) is 0 Å². The molecule has 1 atom stereocenters. The fourth-order valence-corrected chi connectivity index (χ4v) is 5.14. The standard InChI is InChI=1S/C27H35N3O3/c31-25(28-21-27(14-8-3-9-15-27)30-16-18-33-19-17-30)20-24(22-10-4-1-5-11-22)29-26(32)23-12-6-2-7-13-23/h1-2,4-7,10-13,24H,3,8-9,14-21H2,(H,28,31)(H,29,32). The Morgan fingerprint density at radius 2 is 1.55 bits per heavy atom. The maximum atomic E-state index is 13.1. The summed E-state index contributed by atoms with van der Waals surface area (Å²) in [5, 5.41) is 6.30. The van der Waals surface area contributed by atoms with E-state index in [0.29, 0.717) is 12.1 Å². The van der Waals surface area contributed by atoms with Gasteiger partial charge in [-0.15, -0.1) is 0 Å². The number of hydrogen-bond acceptors (Lipinski definition) is 4. The van der Waals surface area contributed by atoms with Crippen LogP contribution in [0.25, 0.3) is 0 Å². The zero-order valence-electron chi connectivity index (χ0n) is 19.3. The van der Waals surface area contributed by atoms with Gasteiger partial charge in [-0.3, -0.25) is 14.5 Å². The van der Waals surface area contributed by atoms with Crippen molar-refractivity contribution in [3.05, 3.63) is 71.8 Å². The van der Waals surface area contributed by atoms with E-state index >= 15 is 0 Å². The second-order valence-corrected chi connectivity index (χ2v) is 9.17. The number of benzene rings is 2. The molecule has 1 heterocycles. The molecule has 4 rings (SSSR count). The summed E-state index contributed by atoms with van der Waals surface area (Å²) in [6.07, 6.45) is 6.10. The average molecular weight is 450 g/mol. The number of hydrogen-bond donors (Lipinski definition) is 2. The summed E-state index contributed by atoms with van der Waals surface area (Å²) in [4.78, 5) is 28.4. The molecule has 176 valence electrons. The first-order chi connectivity index (χ1) is 16.2. The average Bonchev–Trinajstić information content (AvgIpc) is 2.89. The SMILES string of the molecule is O=C(CC(NC(=O)c1ccccc1)c1ccccc1)NCC1(N2CCOCC2)CCCCC1. The van der Waals surface area contributed by atoms with E-state index in [1.807, 2.05) is 48.5 Å². The summed E-state index contributed by atoms with van der Waals surface area (Å²) in [6, 6.07) is 18.5. The van der Waals surface area contributed by atoms with Crippen LogP contribution in [0.15, 0.2) is 60.7 Å². The van der Waals surface area contributed by atoms with Gasteiger partial charge in [-0.1, -0.05) is 67.8 Å². The lowest BCUT2D eigenvalue weighted by atomic mass is 9.79. The van der Waals surface area contributed by atoms with Crippen molar-refractivity contribution in [1.29, 1.82) is 0 Å². The number of nitrogens with one attached hydrogen (secondary N) is 2. The molecule has 2 aromatic carbocycles. The molecule has 0 bridgehead atoms. The molecular formula is C27H35N3O3. The minimum Gasteiger partial charge on any atom is -0.379 e. The van der Waals surface area contributed by atoms with Gasteiger partial charge >= 0.3 is 0 Å². The molecule has 33 heavy (non-hydrogen) atoms. The zero-order valence-corrected chi connectivity index (χ0v) is 19.3. The van der Waals surface area contributed by atoms with Crippen molar-refractivity contribution in [3.63, 3.8) is 0 Å². The Kier molecular flexibility index (Phi) is 8.13. The Hall–Kier alpha value is -2.70. The van der Waals surface area contributed by atoms with Crippen LogP contribution < -0.4 is 10.6 Å². The fourth-order valence-electron chi connectivity index (χ4n) is 5.14. The second kappa shape index (κ2) is 11.4. The van der Waals surface area contributed by atoms with Gasteiger partial charge in [0.25, 0.3) is 5.91 Å². The molecule has 1 aliphatic heterocycles. The van der Waals surface area contributed by atoms with E-state index in [4.69, 9.17) is 4.74 Å². The molecule has 0 radical (unpaired) electrons. The van der Waals surface area contributed by atoms with E-state index in [0.717, 1.165) is 44.7 Å². The van der Waals surface area contributed by atoms with Crippen LogP contribution in [0.2, 0.25) is 0 Å². The van der Waals surface area contributed by atoms with Gasteiger partial charge in [-0.05, 0) is 30.5 Å². The predicted molar refractivity (Wildman–Crippen MR) is 129 cm³/mol. The first-order valence-electron chi connectivity index (χ1n) is 12.2. The van der Waals surface area contributed by atoms with Crippen molar-refractivity contribution >= 4 is 11.8 Å². The molecule has 1 aliphatic carbocycles. The summed E-state index contributed by atoms with van der Waals surface area (Å²) in [6.45, 7) is 4.03. The van der Waals surface area contributed by atoms with E-state index in [-0.39, 0.29) is 29.8 Å². The fraction of sp³-hybridized carbons (Fsp3) is 0.481. The van der Waals surface area contributed by atoms with Crippen molar-refractivity contribution in [3.8, 4) is 0 Å². The van der Waals surface area contributed by atoms with Gasteiger partial charge in [0.1, 0.15) is 0 Å². The highest BCUT2D eigenvalue weighted by molar-refractivity contribution is 5.94. The van der Waals surface area contributed by atoms with E-state index in [1.165, 1.54) is 19.3 Å². The molecule has 1 saturated carbocycles. The Balaban J connectivity index is 1.42.